The molecule has 0 bridgehead atoms. The van der Waals surface area contributed by atoms with Crippen LogP contribution in [0.5, 0.6) is 5.75 Å². The van der Waals surface area contributed by atoms with Gasteiger partial charge in [0.2, 0.25) is 0 Å². The molecule has 4 nitrogen and oxygen atoms in total. The molecule has 0 aliphatic heterocycles. The lowest BCUT2D eigenvalue weighted by atomic mass is 9.85. The summed E-state index contributed by atoms with van der Waals surface area (Å²) in [6.07, 6.45) is 3.19. The molecule has 1 aromatic rings. The zero-order valence-corrected chi connectivity index (χ0v) is 13.0. The summed E-state index contributed by atoms with van der Waals surface area (Å²) >= 11 is 0. The van der Waals surface area contributed by atoms with Crippen molar-refractivity contribution >= 4 is 0 Å². The van der Waals surface area contributed by atoms with Crippen molar-refractivity contribution in [2.45, 2.75) is 58.3 Å². The molecular weight excluding hydrogens is 252 g/mol. The summed E-state index contributed by atoms with van der Waals surface area (Å²) in [6, 6.07) is 4.44. The molecule has 1 N–H and O–H groups in total. The number of nitrogens with one attached hydrogen (secondary N) is 1. The molecule has 112 valence electrons. The van der Waals surface area contributed by atoms with Crippen LogP contribution in [0.2, 0.25) is 0 Å². The lowest BCUT2D eigenvalue weighted by Crippen LogP contribution is -2.60. The minimum Gasteiger partial charge on any atom is -0.486 e. The Morgan fingerprint density at radius 3 is 2.80 bits per heavy atom. The van der Waals surface area contributed by atoms with E-state index in [0.29, 0.717) is 6.04 Å². The van der Waals surface area contributed by atoms with Crippen LogP contribution in [-0.2, 0) is 11.2 Å². The quantitative estimate of drug-likeness (QED) is 0.832. The van der Waals surface area contributed by atoms with Gasteiger partial charge in [-0.2, -0.15) is 0 Å². The van der Waals surface area contributed by atoms with E-state index in [-0.39, 0.29) is 12.2 Å². The molecule has 2 rings (SSSR count). The number of hydrogen-bond acceptors (Lipinski definition) is 4. The Morgan fingerprint density at radius 1 is 1.35 bits per heavy atom. The van der Waals surface area contributed by atoms with E-state index < -0.39 is 0 Å². The molecular formula is C16H26N2O2. The van der Waals surface area contributed by atoms with Crippen molar-refractivity contribution in [1.29, 1.82) is 0 Å². The zero-order chi connectivity index (χ0) is 14.5. The fourth-order valence-electron chi connectivity index (χ4n) is 2.58. The van der Waals surface area contributed by atoms with Crippen molar-refractivity contribution in [3.05, 3.63) is 23.5 Å². The van der Waals surface area contributed by atoms with Crippen molar-refractivity contribution in [3.63, 3.8) is 0 Å². The molecule has 3 atom stereocenters. The van der Waals surface area contributed by atoms with Crippen LogP contribution in [0, 0.1) is 6.92 Å². The van der Waals surface area contributed by atoms with Gasteiger partial charge in [0.05, 0.1) is 5.69 Å². The third-order valence-electron chi connectivity index (χ3n) is 3.82. The van der Waals surface area contributed by atoms with Gasteiger partial charge in [-0.1, -0.05) is 13.8 Å². The Bertz CT molecular complexity index is 436. The van der Waals surface area contributed by atoms with Gasteiger partial charge in [0.15, 0.2) is 0 Å². The lowest BCUT2D eigenvalue weighted by Gasteiger charge is -2.43. The second-order valence-corrected chi connectivity index (χ2v) is 5.37. The van der Waals surface area contributed by atoms with Crippen LogP contribution in [0.15, 0.2) is 12.1 Å². The number of ether oxygens (including phenoxy) is 2. The van der Waals surface area contributed by atoms with E-state index >= 15 is 0 Å². The van der Waals surface area contributed by atoms with Crippen LogP contribution >= 0.6 is 0 Å². The third-order valence-corrected chi connectivity index (χ3v) is 3.82. The van der Waals surface area contributed by atoms with Crippen LogP contribution in [-0.4, -0.2) is 36.9 Å². The molecule has 1 aliphatic carbocycles. The summed E-state index contributed by atoms with van der Waals surface area (Å²) in [5.74, 6) is 0.905. The van der Waals surface area contributed by atoms with Crippen molar-refractivity contribution in [2.75, 3.05) is 13.7 Å². The van der Waals surface area contributed by atoms with Crippen LogP contribution < -0.4 is 10.1 Å². The maximum Gasteiger partial charge on any atom is 0.141 e. The highest BCUT2D eigenvalue weighted by Gasteiger charge is 2.43. The number of pyridine rings is 1. The van der Waals surface area contributed by atoms with Gasteiger partial charge >= 0.3 is 0 Å². The van der Waals surface area contributed by atoms with Crippen molar-refractivity contribution < 1.29 is 9.47 Å². The summed E-state index contributed by atoms with van der Waals surface area (Å²) in [7, 11) is 1.98. The molecule has 0 aromatic carbocycles. The SMILES string of the molecule is CCCOC1C(NC)CC1Oc1ccc(C)nc1CC. The topological polar surface area (TPSA) is 43.4 Å². The first-order chi connectivity index (χ1) is 9.69. The fraction of sp³-hybridized carbons (Fsp3) is 0.688. The second kappa shape index (κ2) is 7.04. The lowest BCUT2D eigenvalue weighted by molar-refractivity contribution is -0.106. The first-order valence-corrected chi connectivity index (χ1v) is 7.61. The molecule has 4 heteroatoms. The summed E-state index contributed by atoms with van der Waals surface area (Å²) in [5, 5.41) is 3.29. The van der Waals surface area contributed by atoms with Crippen molar-refractivity contribution in [1.82, 2.24) is 10.3 Å². The largest absolute Gasteiger partial charge is 0.486 e. The molecule has 0 radical (unpaired) electrons. The van der Waals surface area contributed by atoms with E-state index in [1.165, 1.54) is 0 Å². The Balaban J connectivity index is 2.02. The Kier molecular flexibility index (Phi) is 5.38. The summed E-state index contributed by atoms with van der Waals surface area (Å²) < 4.78 is 12.0. The zero-order valence-electron chi connectivity index (χ0n) is 13.0. The number of aryl methyl sites for hydroxylation is 2. The van der Waals surface area contributed by atoms with Gasteiger partial charge in [-0.3, -0.25) is 4.98 Å². The highest BCUT2D eigenvalue weighted by atomic mass is 16.5. The molecule has 1 aromatic heterocycles. The molecule has 20 heavy (non-hydrogen) atoms. The standard InChI is InChI=1S/C16H26N2O2/c1-5-9-19-16-13(17-4)10-15(16)20-14-8-7-11(3)18-12(14)6-2/h7-8,13,15-17H,5-6,9-10H2,1-4H3. The fourth-order valence-corrected chi connectivity index (χ4v) is 2.58. The predicted molar refractivity (Wildman–Crippen MR) is 80.3 cm³/mol. The van der Waals surface area contributed by atoms with Gasteiger partial charge < -0.3 is 14.8 Å². The maximum atomic E-state index is 6.14. The first-order valence-electron chi connectivity index (χ1n) is 7.61. The van der Waals surface area contributed by atoms with Crippen LogP contribution in [0.3, 0.4) is 0 Å². The first kappa shape index (κ1) is 15.3. The smallest absolute Gasteiger partial charge is 0.141 e. The number of nitrogens with zero attached hydrogens (tertiary/aromatic N) is 1. The van der Waals surface area contributed by atoms with Gasteiger partial charge in [-0.05, 0) is 38.9 Å². The van der Waals surface area contributed by atoms with E-state index in [1.54, 1.807) is 0 Å². The molecule has 1 heterocycles. The Hall–Kier alpha value is -1.13. The van der Waals surface area contributed by atoms with E-state index in [9.17, 15) is 0 Å². The van der Waals surface area contributed by atoms with E-state index in [1.807, 2.05) is 26.1 Å². The number of aromatic nitrogens is 1. The van der Waals surface area contributed by atoms with E-state index in [0.717, 1.165) is 43.0 Å². The summed E-state index contributed by atoms with van der Waals surface area (Å²) in [6.45, 7) is 7.03. The number of hydrogen-bond donors (Lipinski definition) is 1. The molecule has 3 unspecified atom stereocenters. The monoisotopic (exact) mass is 278 g/mol. The van der Waals surface area contributed by atoms with Gasteiger partial charge in [-0.25, -0.2) is 0 Å². The summed E-state index contributed by atoms with van der Waals surface area (Å²) in [5.41, 5.74) is 2.07. The maximum absolute atomic E-state index is 6.14. The average Bonchev–Trinajstić information content (AvgIpc) is 2.44. The normalized spacial score (nSPS) is 25.3. The van der Waals surface area contributed by atoms with Crippen LogP contribution in [0.1, 0.15) is 38.1 Å². The Labute approximate surface area is 121 Å². The van der Waals surface area contributed by atoms with E-state index in [4.69, 9.17) is 9.47 Å². The van der Waals surface area contributed by atoms with Crippen LogP contribution in [0.4, 0.5) is 0 Å². The minimum absolute atomic E-state index is 0.133. The third kappa shape index (κ3) is 3.30. The highest BCUT2D eigenvalue weighted by Crippen LogP contribution is 2.30. The molecule has 1 aliphatic rings. The van der Waals surface area contributed by atoms with Gasteiger partial charge in [0.25, 0.3) is 0 Å². The number of rotatable bonds is 7. The average molecular weight is 278 g/mol. The molecule has 0 spiro atoms. The summed E-state index contributed by atoms with van der Waals surface area (Å²) in [4.78, 5) is 4.55. The van der Waals surface area contributed by atoms with Crippen LogP contribution in [0.25, 0.3) is 0 Å². The van der Waals surface area contributed by atoms with Crippen molar-refractivity contribution in [2.24, 2.45) is 0 Å². The van der Waals surface area contributed by atoms with Gasteiger partial charge in [0.1, 0.15) is 18.0 Å². The predicted octanol–water partition coefficient (Wildman–Crippen LogP) is 2.49. The second-order valence-electron chi connectivity index (χ2n) is 5.37. The van der Waals surface area contributed by atoms with Gasteiger partial charge in [0, 0.05) is 24.8 Å². The molecule has 0 saturated heterocycles. The minimum atomic E-state index is 0.133. The highest BCUT2D eigenvalue weighted by molar-refractivity contribution is 5.30. The van der Waals surface area contributed by atoms with Gasteiger partial charge in [-0.15, -0.1) is 0 Å². The molecule has 0 amide bonds. The number of likely N-dealkylation sites (N-methyl/N-ethyl adjacent to an activating group) is 1. The Morgan fingerprint density at radius 2 is 2.15 bits per heavy atom. The van der Waals surface area contributed by atoms with E-state index in [2.05, 4.69) is 24.1 Å². The molecule has 1 fully saturated rings. The van der Waals surface area contributed by atoms with Crippen molar-refractivity contribution in [3.8, 4) is 5.75 Å². The molecule has 1 saturated carbocycles.